The largest absolute Gasteiger partial charge is 0.493 e. The van der Waals surface area contributed by atoms with Crippen molar-refractivity contribution >= 4 is 29.0 Å². The first-order valence-electron chi connectivity index (χ1n) is 9.91. The summed E-state index contributed by atoms with van der Waals surface area (Å²) in [6.07, 6.45) is -3.76. The van der Waals surface area contributed by atoms with E-state index in [0.29, 0.717) is 27.8 Å². The zero-order valence-electron chi connectivity index (χ0n) is 17.6. The van der Waals surface area contributed by atoms with E-state index in [0.717, 1.165) is 10.9 Å². The number of hydrogen-bond donors (Lipinski definition) is 2. The average molecular weight is 481 g/mol. The lowest BCUT2D eigenvalue weighted by Crippen LogP contribution is -2.36. The van der Waals surface area contributed by atoms with Gasteiger partial charge in [0.2, 0.25) is 0 Å². The molecule has 2 N–H and O–H groups in total. The Kier molecular flexibility index (Phi) is 6.11. The predicted octanol–water partition coefficient (Wildman–Crippen LogP) is 5.47. The molecule has 1 aromatic heterocycles. The second-order valence-electron chi connectivity index (χ2n) is 7.42. The zero-order valence-corrected chi connectivity index (χ0v) is 18.4. The number of benzene rings is 2. The molecule has 0 saturated heterocycles. The number of alkyl halides is 3. The number of carbonyl (C=O) groups excluding carboxylic acids is 1. The van der Waals surface area contributed by atoms with Gasteiger partial charge < -0.3 is 20.1 Å². The van der Waals surface area contributed by atoms with Gasteiger partial charge in [-0.25, -0.2) is 4.68 Å². The topological polar surface area (TPSA) is 77.4 Å². The van der Waals surface area contributed by atoms with E-state index < -0.39 is 24.2 Å². The number of amides is 1. The van der Waals surface area contributed by atoms with Crippen molar-refractivity contribution in [2.75, 3.05) is 24.9 Å². The fraction of sp³-hybridized carbons (Fsp3) is 0.273. The van der Waals surface area contributed by atoms with E-state index >= 15 is 0 Å². The fourth-order valence-electron chi connectivity index (χ4n) is 3.78. The maximum absolute atomic E-state index is 13.9. The molecule has 0 saturated carbocycles. The van der Waals surface area contributed by atoms with Crippen molar-refractivity contribution in [3.8, 4) is 11.5 Å². The van der Waals surface area contributed by atoms with Crippen LogP contribution < -0.4 is 20.1 Å². The molecule has 2 heterocycles. The first kappa shape index (κ1) is 22.8. The summed E-state index contributed by atoms with van der Waals surface area (Å²) in [6.45, 7) is 0. The maximum Gasteiger partial charge on any atom is 0.410 e. The zero-order chi connectivity index (χ0) is 23.8. The third-order valence-electron chi connectivity index (χ3n) is 5.38. The number of nitrogens with zero attached hydrogens (tertiary/aromatic N) is 2. The predicted molar refractivity (Wildman–Crippen MR) is 117 cm³/mol. The molecule has 0 radical (unpaired) electrons. The number of methoxy groups -OCH3 is 2. The molecular weight excluding hydrogens is 461 g/mol. The highest BCUT2D eigenvalue weighted by molar-refractivity contribution is 6.31. The Morgan fingerprint density at radius 3 is 2.61 bits per heavy atom. The molecule has 174 valence electrons. The minimum atomic E-state index is -4.57. The summed E-state index contributed by atoms with van der Waals surface area (Å²) in [6, 6.07) is 8.67. The quantitative estimate of drug-likeness (QED) is 0.506. The van der Waals surface area contributed by atoms with Crippen LogP contribution >= 0.6 is 11.6 Å². The summed E-state index contributed by atoms with van der Waals surface area (Å²) in [7, 11) is 2.92. The summed E-state index contributed by atoms with van der Waals surface area (Å²) in [5, 5.41) is 9.98. The Hall–Kier alpha value is -3.40. The summed E-state index contributed by atoms with van der Waals surface area (Å²) in [5.41, 5.74) is 0.942. The molecule has 1 aliphatic heterocycles. The lowest BCUT2D eigenvalue weighted by molar-refractivity contribution is -0.173. The van der Waals surface area contributed by atoms with Crippen LogP contribution in [0.25, 0.3) is 0 Å². The molecule has 2 atom stereocenters. The van der Waals surface area contributed by atoms with Gasteiger partial charge in [0.1, 0.15) is 11.4 Å². The number of ether oxygens (including phenoxy) is 2. The van der Waals surface area contributed by atoms with Gasteiger partial charge >= 0.3 is 6.18 Å². The van der Waals surface area contributed by atoms with Gasteiger partial charge in [0.05, 0.1) is 26.5 Å². The number of anilines is 2. The van der Waals surface area contributed by atoms with Crippen molar-refractivity contribution in [2.45, 2.75) is 24.7 Å². The van der Waals surface area contributed by atoms with Crippen molar-refractivity contribution in [1.82, 2.24) is 9.78 Å². The molecule has 2 aromatic carbocycles. The van der Waals surface area contributed by atoms with Gasteiger partial charge in [-0.05, 0) is 35.9 Å². The number of nitrogens with one attached hydrogen (secondary N) is 2. The molecule has 7 nitrogen and oxygen atoms in total. The summed E-state index contributed by atoms with van der Waals surface area (Å²) >= 11 is 5.95. The molecule has 0 fully saturated rings. The third kappa shape index (κ3) is 4.56. The Bertz CT molecular complexity index is 1180. The fourth-order valence-corrected chi connectivity index (χ4v) is 3.97. The SMILES string of the molecule is COc1ccc([C@H]2C[C@H](C(F)(F)F)n3ncc(C(=O)Nc4cccc(Cl)c4)c3N2)cc1OC. The number of carbonyl (C=O) groups is 1. The van der Waals surface area contributed by atoms with Crippen LogP contribution in [0.2, 0.25) is 5.02 Å². The van der Waals surface area contributed by atoms with Gasteiger partial charge in [-0.15, -0.1) is 0 Å². The molecule has 1 aliphatic rings. The highest BCUT2D eigenvalue weighted by Crippen LogP contribution is 2.45. The maximum atomic E-state index is 13.9. The first-order valence-corrected chi connectivity index (χ1v) is 10.3. The minimum absolute atomic E-state index is 0.0191. The highest BCUT2D eigenvalue weighted by Gasteiger charge is 2.47. The van der Waals surface area contributed by atoms with E-state index in [1.165, 1.54) is 20.3 Å². The van der Waals surface area contributed by atoms with E-state index in [1.807, 2.05) is 0 Å². The van der Waals surface area contributed by atoms with Crippen LogP contribution in [0.4, 0.5) is 24.7 Å². The molecule has 4 rings (SSSR count). The standard InChI is InChI=1S/C22H20ClF3N4O3/c1-32-17-7-6-12(8-18(17)33-2)16-10-19(22(24,25)26)30-20(29-16)15(11-27-30)21(31)28-14-5-3-4-13(23)9-14/h3-9,11,16,19,29H,10H2,1-2H3,(H,28,31)/t16-,19-/m1/s1. The molecular formula is C22H20ClF3N4O3. The average Bonchev–Trinajstić information content (AvgIpc) is 3.21. The van der Waals surface area contributed by atoms with Gasteiger partial charge in [-0.3, -0.25) is 4.79 Å². The van der Waals surface area contributed by atoms with Crippen LogP contribution in [0.1, 0.15) is 34.4 Å². The third-order valence-corrected chi connectivity index (χ3v) is 5.61. The monoisotopic (exact) mass is 480 g/mol. The van der Waals surface area contributed by atoms with Gasteiger partial charge in [-0.1, -0.05) is 23.7 Å². The molecule has 0 bridgehead atoms. The van der Waals surface area contributed by atoms with E-state index in [4.69, 9.17) is 21.1 Å². The normalized spacial score (nSPS) is 17.6. The van der Waals surface area contributed by atoms with Crippen molar-refractivity contribution in [3.05, 3.63) is 64.8 Å². The molecule has 0 spiro atoms. The highest BCUT2D eigenvalue weighted by atomic mass is 35.5. The molecule has 0 unspecified atom stereocenters. The van der Waals surface area contributed by atoms with Crippen molar-refractivity contribution in [2.24, 2.45) is 0 Å². The van der Waals surface area contributed by atoms with E-state index in [2.05, 4.69) is 15.7 Å². The lowest BCUT2D eigenvalue weighted by Gasteiger charge is -2.34. The Labute approximate surface area is 192 Å². The van der Waals surface area contributed by atoms with Crippen LogP contribution in [-0.4, -0.2) is 36.1 Å². The Morgan fingerprint density at radius 1 is 1.18 bits per heavy atom. The summed E-state index contributed by atoms with van der Waals surface area (Å²) in [5.74, 6) is 0.206. The summed E-state index contributed by atoms with van der Waals surface area (Å²) in [4.78, 5) is 12.9. The van der Waals surface area contributed by atoms with Gasteiger partial charge in [0.25, 0.3) is 5.91 Å². The Balaban J connectivity index is 1.70. The van der Waals surface area contributed by atoms with Gasteiger partial charge in [0.15, 0.2) is 17.5 Å². The summed E-state index contributed by atoms with van der Waals surface area (Å²) < 4.78 is 53.1. The van der Waals surface area contributed by atoms with Gasteiger partial charge in [-0.2, -0.15) is 18.3 Å². The number of hydrogen-bond acceptors (Lipinski definition) is 5. The number of aromatic nitrogens is 2. The van der Waals surface area contributed by atoms with E-state index in [1.54, 1.807) is 36.4 Å². The van der Waals surface area contributed by atoms with Crippen LogP contribution in [0, 0.1) is 0 Å². The first-order chi connectivity index (χ1) is 15.7. The second kappa shape index (κ2) is 8.86. The second-order valence-corrected chi connectivity index (χ2v) is 7.86. The number of rotatable bonds is 5. The Morgan fingerprint density at radius 2 is 1.94 bits per heavy atom. The molecule has 0 aliphatic carbocycles. The van der Waals surface area contributed by atoms with Crippen LogP contribution in [-0.2, 0) is 0 Å². The van der Waals surface area contributed by atoms with E-state index in [9.17, 15) is 18.0 Å². The molecule has 11 heteroatoms. The minimum Gasteiger partial charge on any atom is -0.493 e. The lowest BCUT2D eigenvalue weighted by atomic mass is 9.96. The van der Waals surface area contributed by atoms with E-state index in [-0.39, 0.29) is 17.8 Å². The molecule has 3 aromatic rings. The van der Waals surface area contributed by atoms with Crippen LogP contribution in [0.5, 0.6) is 11.5 Å². The van der Waals surface area contributed by atoms with Crippen LogP contribution in [0.15, 0.2) is 48.7 Å². The molecule has 33 heavy (non-hydrogen) atoms. The molecule has 1 amide bonds. The van der Waals surface area contributed by atoms with Gasteiger partial charge in [0, 0.05) is 17.1 Å². The van der Waals surface area contributed by atoms with Crippen molar-refractivity contribution < 1.29 is 27.4 Å². The smallest absolute Gasteiger partial charge is 0.410 e. The van der Waals surface area contributed by atoms with Crippen LogP contribution in [0.3, 0.4) is 0 Å². The number of halogens is 4. The van der Waals surface area contributed by atoms with Crippen molar-refractivity contribution in [3.63, 3.8) is 0 Å². The van der Waals surface area contributed by atoms with Crippen molar-refractivity contribution in [1.29, 1.82) is 0 Å². The number of fused-ring (bicyclic) bond motifs is 1.